The molecule has 7 nitrogen and oxygen atoms in total. The largest absolute Gasteiger partial charge is 0.497 e. The van der Waals surface area contributed by atoms with Crippen molar-refractivity contribution in [3.63, 3.8) is 0 Å². The third kappa shape index (κ3) is 6.13. The quantitative estimate of drug-likeness (QED) is 0.384. The van der Waals surface area contributed by atoms with Crippen LogP contribution in [0, 0.1) is 0 Å². The van der Waals surface area contributed by atoms with Gasteiger partial charge >= 0.3 is 0 Å². The Balaban J connectivity index is 1.44. The van der Waals surface area contributed by atoms with Crippen LogP contribution in [0.2, 0.25) is 0 Å². The second kappa shape index (κ2) is 11.4. The standard InChI is InChI=1S/C22H31N5O2S/c1-3-23-22(25-12-5-11-24-21(28)20-6-4-17-30-20)27-15-13-26(14-16-27)18-7-9-19(29-2)10-8-18/h4,6-10,17H,3,5,11-16H2,1-2H3,(H,23,25)(H,24,28). The first-order chi connectivity index (χ1) is 14.7. The maximum Gasteiger partial charge on any atom is 0.261 e. The van der Waals surface area contributed by atoms with Gasteiger partial charge in [-0.15, -0.1) is 11.3 Å². The molecule has 0 aliphatic carbocycles. The number of methoxy groups -OCH3 is 1. The zero-order chi connectivity index (χ0) is 21.2. The molecule has 1 aliphatic heterocycles. The molecule has 0 bridgehead atoms. The molecule has 2 heterocycles. The fourth-order valence-electron chi connectivity index (χ4n) is 3.36. The number of carbonyl (C=O) groups excluding carboxylic acids is 1. The lowest BCUT2D eigenvalue weighted by Gasteiger charge is -2.37. The number of piperazine rings is 1. The van der Waals surface area contributed by atoms with E-state index < -0.39 is 0 Å². The first-order valence-corrected chi connectivity index (χ1v) is 11.3. The number of anilines is 1. The van der Waals surface area contributed by atoms with Crippen molar-refractivity contribution in [2.75, 3.05) is 57.8 Å². The smallest absolute Gasteiger partial charge is 0.261 e. The van der Waals surface area contributed by atoms with Crippen molar-refractivity contribution in [1.82, 2.24) is 15.5 Å². The van der Waals surface area contributed by atoms with Gasteiger partial charge in [0.1, 0.15) is 5.75 Å². The number of hydrogen-bond donors (Lipinski definition) is 2. The number of rotatable bonds is 8. The lowest BCUT2D eigenvalue weighted by atomic mass is 10.2. The van der Waals surface area contributed by atoms with Crippen LogP contribution in [-0.2, 0) is 0 Å². The van der Waals surface area contributed by atoms with Crippen molar-refractivity contribution < 1.29 is 9.53 Å². The van der Waals surface area contributed by atoms with E-state index in [1.807, 2.05) is 29.6 Å². The average Bonchev–Trinajstić information content (AvgIpc) is 3.33. The molecule has 30 heavy (non-hydrogen) atoms. The molecule has 2 aromatic rings. The number of hydrogen-bond acceptors (Lipinski definition) is 5. The number of thiophene rings is 1. The Bertz CT molecular complexity index is 799. The van der Waals surface area contributed by atoms with E-state index in [0.717, 1.165) is 55.7 Å². The third-order valence-electron chi connectivity index (χ3n) is 4.98. The van der Waals surface area contributed by atoms with E-state index in [1.165, 1.54) is 17.0 Å². The Morgan fingerprint density at radius 2 is 1.90 bits per heavy atom. The van der Waals surface area contributed by atoms with Gasteiger partial charge < -0.3 is 25.2 Å². The highest BCUT2D eigenvalue weighted by Gasteiger charge is 2.19. The minimum absolute atomic E-state index is 0.00413. The predicted molar refractivity (Wildman–Crippen MR) is 124 cm³/mol. The summed E-state index contributed by atoms with van der Waals surface area (Å²) in [7, 11) is 1.69. The molecule has 162 valence electrons. The van der Waals surface area contributed by atoms with Gasteiger partial charge in [0.25, 0.3) is 5.91 Å². The SMILES string of the molecule is CCNC(=NCCCNC(=O)c1cccs1)N1CCN(c2ccc(OC)cc2)CC1. The summed E-state index contributed by atoms with van der Waals surface area (Å²) in [6.07, 6.45) is 0.817. The van der Waals surface area contributed by atoms with Gasteiger partial charge in [0.2, 0.25) is 0 Å². The number of nitrogens with one attached hydrogen (secondary N) is 2. The molecule has 0 unspecified atom stereocenters. The Morgan fingerprint density at radius 3 is 2.53 bits per heavy atom. The van der Waals surface area contributed by atoms with Crippen molar-refractivity contribution in [2.24, 2.45) is 4.99 Å². The van der Waals surface area contributed by atoms with Gasteiger partial charge in [0.05, 0.1) is 12.0 Å². The Kier molecular flexibility index (Phi) is 8.38. The molecule has 1 amide bonds. The molecule has 3 rings (SSSR count). The monoisotopic (exact) mass is 429 g/mol. The maximum absolute atomic E-state index is 12.0. The van der Waals surface area contributed by atoms with Gasteiger partial charge in [0, 0.05) is 51.5 Å². The minimum atomic E-state index is -0.00413. The van der Waals surface area contributed by atoms with Gasteiger partial charge in [-0.1, -0.05) is 6.07 Å². The number of nitrogens with zero attached hydrogens (tertiary/aromatic N) is 3. The maximum atomic E-state index is 12.0. The molecule has 1 aromatic carbocycles. The van der Waals surface area contributed by atoms with E-state index in [-0.39, 0.29) is 5.91 Å². The topological polar surface area (TPSA) is 69.2 Å². The lowest BCUT2D eigenvalue weighted by Crippen LogP contribution is -2.52. The number of benzene rings is 1. The van der Waals surface area contributed by atoms with E-state index in [0.29, 0.717) is 13.1 Å². The number of guanidine groups is 1. The summed E-state index contributed by atoms with van der Waals surface area (Å²) in [5, 5.41) is 8.27. The van der Waals surface area contributed by atoms with Crippen LogP contribution in [-0.4, -0.2) is 69.7 Å². The Hall–Kier alpha value is -2.74. The van der Waals surface area contributed by atoms with Crippen molar-refractivity contribution in [3.8, 4) is 5.75 Å². The highest BCUT2D eigenvalue weighted by molar-refractivity contribution is 7.12. The average molecular weight is 430 g/mol. The van der Waals surface area contributed by atoms with Crippen LogP contribution in [0.1, 0.15) is 23.0 Å². The molecule has 2 N–H and O–H groups in total. The van der Waals surface area contributed by atoms with Crippen LogP contribution in [0.4, 0.5) is 5.69 Å². The molecular weight excluding hydrogens is 398 g/mol. The van der Waals surface area contributed by atoms with Crippen LogP contribution in [0.3, 0.4) is 0 Å². The van der Waals surface area contributed by atoms with Crippen molar-refractivity contribution >= 4 is 28.9 Å². The van der Waals surface area contributed by atoms with E-state index in [4.69, 9.17) is 9.73 Å². The minimum Gasteiger partial charge on any atom is -0.497 e. The van der Waals surface area contributed by atoms with Crippen molar-refractivity contribution in [2.45, 2.75) is 13.3 Å². The van der Waals surface area contributed by atoms with Crippen molar-refractivity contribution in [1.29, 1.82) is 0 Å². The van der Waals surface area contributed by atoms with Crippen molar-refractivity contribution in [3.05, 3.63) is 46.7 Å². The van der Waals surface area contributed by atoms with Crippen LogP contribution in [0.25, 0.3) is 0 Å². The number of ether oxygens (including phenoxy) is 1. The number of carbonyl (C=O) groups is 1. The predicted octanol–water partition coefficient (Wildman–Crippen LogP) is 2.66. The summed E-state index contributed by atoms with van der Waals surface area (Å²) < 4.78 is 5.25. The Morgan fingerprint density at radius 1 is 1.13 bits per heavy atom. The highest BCUT2D eigenvalue weighted by Crippen LogP contribution is 2.20. The van der Waals surface area contributed by atoms with E-state index in [9.17, 15) is 4.79 Å². The van der Waals surface area contributed by atoms with Gasteiger partial charge in [-0.2, -0.15) is 0 Å². The molecule has 8 heteroatoms. The number of amides is 1. The summed E-state index contributed by atoms with van der Waals surface area (Å²) >= 11 is 1.46. The zero-order valence-electron chi connectivity index (χ0n) is 17.8. The molecule has 0 radical (unpaired) electrons. The third-order valence-corrected chi connectivity index (χ3v) is 5.85. The summed E-state index contributed by atoms with van der Waals surface area (Å²) in [4.78, 5) is 22.2. The van der Waals surface area contributed by atoms with Crippen LogP contribution in [0.15, 0.2) is 46.8 Å². The second-order valence-corrected chi connectivity index (χ2v) is 7.94. The highest BCUT2D eigenvalue weighted by atomic mass is 32.1. The lowest BCUT2D eigenvalue weighted by molar-refractivity contribution is 0.0957. The summed E-state index contributed by atoms with van der Waals surface area (Å²) in [6.45, 7) is 7.99. The fourth-order valence-corrected chi connectivity index (χ4v) is 4.00. The normalized spacial score (nSPS) is 14.5. The molecule has 1 aliphatic rings. The first kappa shape index (κ1) is 22.0. The summed E-state index contributed by atoms with van der Waals surface area (Å²) in [5.74, 6) is 1.83. The summed E-state index contributed by atoms with van der Waals surface area (Å²) in [6, 6.07) is 12.0. The fraction of sp³-hybridized carbons (Fsp3) is 0.455. The zero-order valence-corrected chi connectivity index (χ0v) is 18.6. The Labute approximate surface area is 182 Å². The van der Waals surface area contributed by atoms with Gasteiger partial charge in [-0.3, -0.25) is 9.79 Å². The molecular formula is C22H31N5O2S. The van der Waals surface area contributed by atoms with E-state index in [2.05, 4.69) is 39.5 Å². The van der Waals surface area contributed by atoms with Gasteiger partial charge in [-0.25, -0.2) is 0 Å². The molecule has 0 saturated carbocycles. The number of aliphatic imine (C=N–C) groups is 1. The molecule has 1 aromatic heterocycles. The molecule has 1 saturated heterocycles. The van der Waals surface area contributed by atoms with Gasteiger partial charge in [0.15, 0.2) is 5.96 Å². The van der Waals surface area contributed by atoms with Crippen LogP contribution in [0.5, 0.6) is 5.75 Å². The van der Waals surface area contributed by atoms with E-state index >= 15 is 0 Å². The molecule has 0 atom stereocenters. The molecule has 0 spiro atoms. The van der Waals surface area contributed by atoms with Crippen LogP contribution < -0.4 is 20.3 Å². The van der Waals surface area contributed by atoms with E-state index in [1.54, 1.807) is 7.11 Å². The first-order valence-electron chi connectivity index (χ1n) is 10.4. The summed E-state index contributed by atoms with van der Waals surface area (Å²) in [5.41, 5.74) is 1.22. The second-order valence-electron chi connectivity index (χ2n) is 6.99. The molecule has 1 fully saturated rings. The van der Waals surface area contributed by atoms with Gasteiger partial charge in [-0.05, 0) is 49.1 Å². The van der Waals surface area contributed by atoms with Crippen LogP contribution >= 0.6 is 11.3 Å².